The zero-order valence-corrected chi connectivity index (χ0v) is 21.4. The lowest BCUT2D eigenvalue weighted by atomic mass is 10.1. The molecule has 4 bridgehead atoms. The first kappa shape index (κ1) is 26.0. The van der Waals surface area contributed by atoms with E-state index in [0.717, 1.165) is 0 Å². The second-order valence-electron chi connectivity index (χ2n) is 8.90. The molecule has 2 amide bonds. The Morgan fingerprint density at radius 1 is 1.00 bits per heavy atom. The molecule has 1 aromatic heterocycles. The first-order chi connectivity index (χ1) is 18.8. The van der Waals surface area contributed by atoms with E-state index < -0.39 is 27.4 Å². The zero-order valence-electron chi connectivity index (χ0n) is 20.6. The number of rotatable bonds is 3. The molecule has 9 nitrogen and oxygen atoms in total. The number of nitrogens with one attached hydrogen (secondary N) is 5. The highest BCUT2D eigenvalue weighted by Crippen LogP contribution is 2.31. The van der Waals surface area contributed by atoms with E-state index in [1.807, 2.05) is 0 Å². The number of anilines is 5. The minimum absolute atomic E-state index is 0.0376. The van der Waals surface area contributed by atoms with Crippen LogP contribution in [0.5, 0.6) is 0 Å². The summed E-state index contributed by atoms with van der Waals surface area (Å²) in [5, 5.41) is 11.3. The number of hydrogen-bond acceptors (Lipinski definition) is 7. The summed E-state index contributed by atoms with van der Waals surface area (Å²) in [6.45, 7) is 0.502. The Morgan fingerprint density at radius 3 is 2.62 bits per heavy atom. The third-order valence-electron chi connectivity index (χ3n) is 6.04. The van der Waals surface area contributed by atoms with Crippen LogP contribution in [-0.4, -0.2) is 32.5 Å². The zero-order chi connectivity index (χ0) is 27.4. The number of amides is 2. The van der Waals surface area contributed by atoms with Gasteiger partial charge in [-0.05, 0) is 73.0 Å². The normalized spacial score (nSPS) is 16.9. The van der Waals surface area contributed by atoms with Crippen molar-refractivity contribution in [2.75, 3.05) is 33.6 Å². The summed E-state index contributed by atoms with van der Waals surface area (Å²) in [5.74, 6) is -0.102. The highest BCUT2D eigenvalue weighted by Gasteiger charge is 2.16. The van der Waals surface area contributed by atoms with E-state index in [1.165, 1.54) is 36.4 Å². The predicted molar refractivity (Wildman–Crippen MR) is 148 cm³/mol. The van der Waals surface area contributed by atoms with Crippen molar-refractivity contribution < 1.29 is 17.8 Å². The summed E-state index contributed by atoms with van der Waals surface area (Å²) in [5.41, 5.74) is 1.97. The molecule has 12 heteroatoms. The molecule has 0 saturated carbocycles. The summed E-state index contributed by atoms with van der Waals surface area (Å²) in [6.07, 6.45) is 2.80. The molecule has 0 fully saturated rings. The molecule has 5 rings (SSSR count). The molecule has 1 unspecified atom stereocenters. The lowest BCUT2D eigenvalue weighted by Crippen LogP contribution is -2.20. The molecule has 1 atom stereocenters. The fourth-order valence-corrected chi connectivity index (χ4v) is 5.52. The lowest BCUT2D eigenvalue weighted by Gasteiger charge is -2.14. The summed E-state index contributed by atoms with van der Waals surface area (Å²) >= 11 is 0. The van der Waals surface area contributed by atoms with E-state index in [0.29, 0.717) is 52.6 Å². The molecule has 0 saturated heterocycles. The van der Waals surface area contributed by atoms with Crippen molar-refractivity contribution in [1.82, 2.24) is 9.97 Å². The number of hydrogen-bond donors (Lipinski definition) is 5. The van der Waals surface area contributed by atoms with Crippen LogP contribution in [0.15, 0.2) is 77.8 Å². The van der Waals surface area contributed by atoms with Gasteiger partial charge in [-0.3, -0.25) is 0 Å². The monoisotopic (exact) mass is 549 g/mol. The number of urea groups is 1. The van der Waals surface area contributed by atoms with E-state index in [9.17, 15) is 13.4 Å². The average molecular weight is 550 g/mol. The Morgan fingerprint density at radius 2 is 1.82 bits per heavy atom. The van der Waals surface area contributed by atoms with Crippen molar-refractivity contribution in [2.24, 2.45) is 0 Å². The van der Waals surface area contributed by atoms with Gasteiger partial charge in [0.1, 0.15) is 17.5 Å². The van der Waals surface area contributed by atoms with Crippen LogP contribution >= 0.6 is 0 Å². The van der Waals surface area contributed by atoms with Crippen molar-refractivity contribution in [3.8, 4) is 11.1 Å². The van der Waals surface area contributed by atoms with E-state index in [1.54, 1.807) is 36.5 Å². The van der Waals surface area contributed by atoms with Gasteiger partial charge in [-0.1, -0.05) is 12.1 Å². The highest BCUT2D eigenvalue weighted by atomic mass is 32.2. The molecule has 39 heavy (non-hydrogen) atoms. The third kappa shape index (κ3) is 6.29. The number of carbonyl (C=O) groups excluding carboxylic acids is 1. The molecule has 0 spiro atoms. The number of halogens is 2. The number of benzene rings is 3. The molecular formula is C27H25F2N7O2S. The fraction of sp³-hybridized carbons (Fsp3) is 0.148. The van der Waals surface area contributed by atoms with Gasteiger partial charge in [0.05, 0.1) is 15.4 Å². The minimum Gasteiger partial charge on any atom is -0.369 e. The smallest absolute Gasteiger partial charge is 0.323 e. The van der Waals surface area contributed by atoms with E-state index >= 15 is 4.39 Å². The first-order valence-electron chi connectivity index (χ1n) is 12.1. The van der Waals surface area contributed by atoms with Crippen molar-refractivity contribution in [2.45, 2.75) is 17.7 Å². The van der Waals surface area contributed by atoms with Crippen LogP contribution in [0.2, 0.25) is 0 Å². The van der Waals surface area contributed by atoms with Gasteiger partial charge < -0.3 is 21.3 Å². The van der Waals surface area contributed by atoms with E-state index in [2.05, 4.69) is 31.2 Å². The Kier molecular flexibility index (Phi) is 7.37. The van der Waals surface area contributed by atoms with Gasteiger partial charge in [0.15, 0.2) is 0 Å². The summed E-state index contributed by atoms with van der Waals surface area (Å²) in [6, 6.07) is 15.7. The fourth-order valence-electron chi connectivity index (χ4n) is 4.05. The van der Waals surface area contributed by atoms with E-state index in [-0.39, 0.29) is 17.4 Å². The Bertz CT molecular complexity index is 1630. The molecule has 0 radical (unpaired) electrons. The van der Waals surface area contributed by atoms with Crippen molar-refractivity contribution in [3.05, 3.63) is 84.6 Å². The van der Waals surface area contributed by atoms with Crippen LogP contribution in [0.3, 0.4) is 0 Å². The van der Waals surface area contributed by atoms with Gasteiger partial charge in [0.25, 0.3) is 0 Å². The summed E-state index contributed by atoms with van der Waals surface area (Å²) in [4.78, 5) is 21.7. The summed E-state index contributed by atoms with van der Waals surface area (Å²) < 4.78 is 49.3. The maximum atomic E-state index is 15.0. The molecule has 200 valence electrons. The third-order valence-corrected chi connectivity index (χ3v) is 7.92. The van der Waals surface area contributed by atoms with Crippen molar-refractivity contribution in [1.29, 1.82) is 4.78 Å². The Labute approximate surface area is 224 Å². The number of nitrogens with zero attached hydrogens (tertiary/aromatic N) is 2. The number of aromatic nitrogens is 2. The largest absolute Gasteiger partial charge is 0.369 e. The van der Waals surface area contributed by atoms with Gasteiger partial charge in [0.2, 0.25) is 5.95 Å². The Hall–Kier alpha value is -4.58. The quantitative estimate of drug-likeness (QED) is 0.200. The topological polar surface area (TPSA) is 132 Å². The van der Waals surface area contributed by atoms with Gasteiger partial charge in [-0.25, -0.2) is 27.5 Å². The molecule has 5 N–H and O–H groups in total. The molecule has 0 aliphatic carbocycles. The maximum absolute atomic E-state index is 15.0. The standard InChI is InChI=1S/C27H25F2N7O2S/c28-18-7-9-19(10-8-18)34-27(37)35-24-11-6-17(14-23(24)29)22-16-32-26-33-20-4-3-5-21(15-20)39(30,38)13-2-1-12-31-25(22)36-26/h3-11,14-16,30H,1-2,12-13H2,(H2,34,35,37)(H2,31,32,33,36). The van der Waals surface area contributed by atoms with Crippen molar-refractivity contribution >= 4 is 44.6 Å². The molecule has 2 heterocycles. The van der Waals surface area contributed by atoms with Crippen LogP contribution in [-0.2, 0) is 9.73 Å². The molecule has 1 aliphatic heterocycles. The van der Waals surface area contributed by atoms with Gasteiger partial charge in [0, 0.05) is 40.3 Å². The van der Waals surface area contributed by atoms with Crippen LogP contribution in [0.25, 0.3) is 11.1 Å². The van der Waals surface area contributed by atoms with Crippen LogP contribution in [0, 0.1) is 16.4 Å². The van der Waals surface area contributed by atoms with Crippen molar-refractivity contribution in [3.63, 3.8) is 0 Å². The van der Waals surface area contributed by atoms with Crippen LogP contribution in [0.4, 0.5) is 42.4 Å². The number of carbonyl (C=O) groups is 1. The highest BCUT2D eigenvalue weighted by molar-refractivity contribution is 7.92. The first-order valence-corrected chi connectivity index (χ1v) is 13.9. The van der Waals surface area contributed by atoms with Crippen LogP contribution < -0.4 is 21.3 Å². The number of fused-ring (bicyclic) bond motifs is 4. The van der Waals surface area contributed by atoms with Gasteiger partial charge >= 0.3 is 6.03 Å². The Balaban J connectivity index is 1.38. The second kappa shape index (κ2) is 11.0. The van der Waals surface area contributed by atoms with E-state index in [4.69, 9.17) is 4.78 Å². The average Bonchev–Trinajstić information content (AvgIpc) is 2.91. The molecule has 3 aromatic carbocycles. The SMILES string of the molecule is N=S1(=O)CCCCNc2nc(ncc2-c2ccc(NC(=O)Nc3ccc(F)cc3)c(F)c2)Nc2cccc1c2. The van der Waals surface area contributed by atoms with Gasteiger partial charge in [-0.15, -0.1) is 0 Å². The second-order valence-corrected chi connectivity index (χ2v) is 11.1. The summed E-state index contributed by atoms with van der Waals surface area (Å²) in [7, 11) is -2.92. The molecule has 1 aliphatic rings. The lowest BCUT2D eigenvalue weighted by molar-refractivity contribution is 0.262. The predicted octanol–water partition coefficient (Wildman–Crippen LogP) is 6.42. The van der Waals surface area contributed by atoms with Gasteiger partial charge in [-0.2, -0.15) is 4.98 Å². The molecule has 4 aromatic rings. The maximum Gasteiger partial charge on any atom is 0.323 e. The van der Waals surface area contributed by atoms with Crippen LogP contribution in [0.1, 0.15) is 12.8 Å². The molecular weight excluding hydrogens is 524 g/mol. The minimum atomic E-state index is -2.92.